The monoisotopic (exact) mass is 196 g/mol. The molecular formula is C8H8N2O4. The van der Waals surface area contributed by atoms with E-state index in [1.807, 2.05) is 0 Å². The van der Waals surface area contributed by atoms with Crippen molar-refractivity contribution in [3.05, 3.63) is 23.3 Å². The highest BCUT2D eigenvalue weighted by molar-refractivity contribution is 6.03. The lowest BCUT2D eigenvalue weighted by molar-refractivity contribution is 0.0651. The van der Waals surface area contributed by atoms with E-state index in [-0.39, 0.29) is 22.5 Å². The SMILES string of the molecule is Nc1cc(C(=O)O)c(C(=O)O)cc1N. The molecule has 14 heavy (non-hydrogen) atoms. The molecule has 0 aliphatic heterocycles. The van der Waals surface area contributed by atoms with E-state index in [1.54, 1.807) is 0 Å². The highest BCUT2D eigenvalue weighted by Gasteiger charge is 2.17. The van der Waals surface area contributed by atoms with Gasteiger partial charge in [-0.05, 0) is 12.1 Å². The van der Waals surface area contributed by atoms with E-state index in [1.165, 1.54) is 0 Å². The van der Waals surface area contributed by atoms with E-state index in [0.29, 0.717) is 0 Å². The fourth-order valence-electron chi connectivity index (χ4n) is 0.987. The first kappa shape index (κ1) is 9.85. The largest absolute Gasteiger partial charge is 0.478 e. The Hall–Kier alpha value is -2.24. The van der Waals surface area contributed by atoms with Gasteiger partial charge < -0.3 is 21.7 Å². The number of anilines is 2. The summed E-state index contributed by atoms with van der Waals surface area (Å²) in [5.74, 6) is -2.71. The number of rotatable bonds is 2. The molecule has 0 amide bonds. The highest BCUT2D eigenvalue weighted by atomic mass is 16.4. The fraction of sp³-hybridized carbons (Fsp3) is 0. The molecule has 6 N–H and O–H groups in total. The Kier molecular flexibility index (Phi) is 2.29. The van der Waals surface area contributed by atoms with Gasteiger partial charge in [0.05, 0.1) is 22.5 Å². The maximum Gasteiger partial charge on any atom is 0.336 e. The van der Waals surface area contributed by atoms with Crippen LogP contribution in [0.15, 0.2) is 12.1 Å². The number of carbonyl (C=O) groups is 2. The summed E-state index contributed by atoms with van der Waals surface area (Å²) in [6.45, 7) is 0. The van der Waals surface area contributed by atoms with E-state index in [9.17, 15) is 9.59 Å². The molecule has 0 aliphatic carbocycles. The third kappa shape index (κ3) is 1.58. The molecule has 74 valence electrons. The Morgan fingerprint density at radius 2 is 1.21 bits per heavy atom. The summed E-state index contributed by atoms with van der Waals surface area (Å²) in [6, 6.07) is 2.06. The molecule has 0 unspecified atom stereocenters. The topological polar surface area (TPSA) is 127 Å². The first-order chi connectivity index (χ1) is 6.43. The third-order valence-corrected chi connectivity index (χ3v) is 1.68. The van der Waals surface area contributed by atoms with Gasteiger partial charge in [-0.25, -0.2) is 9.59 Å². The molecular weight excluding hydrogens is 188 g/mol. The van der Waals surface area contributed by atoms with Crippen molar-refractivity contribution in [1.82, 2.24) is 0 Å². The first-order valence-electron chi connectivity index (χ1n) is 3.59. The summed E-state index contributed by atoms with van der Waals surface area (Å²) in [6.07, 6.45) is 0. The van der Waals surface area contributed by atoms with Crippen LogP contribution in [0.3, 0.4) is 0 Å². The Labute approximate surface area is 78.8 Å². The molecule has 0 fully saturated rings. The lowest BCUT2D eigenvalue weighted by atomic mass is 10.1. The Morgan fingerprint density at radius 3 is 1.43 bits per heavy atom. The smallest absolute Gasteiger partial charge is 0.336 e. The normalized spacial score (nSPS) is 9.71. The van der Waals surface area contributed by atoms with Gasteiger partial charge in [0.15, 0.2) is 0 Å². The molecule has 1 aromatic carbocycles. The van der Waals surface area contributed by atoms with Crippen molar-refractivity contribution in [3.8, 4) is 0 Å². The summed E-state index contributed by atoms with van der Waals surface area (Å²) in [5, 5.41) is 17.3. The molecule has 0 aliphatic rings. The van der Waals surface area contributed by atoms with Crippen molar-refractivity contribution in [2.45, 2.75) is 0 Å². The average molecular weight is 196 g/mol. The van der Waals surface area contributed by atoms with Gasteiger partial charge in [-0.3, -0.25) is 0 Å². The number of nitrogen functional groups attached to an aromatic ring is 2. The molecule has 6 nitrogen and oxygen atoms in total. The predicted octanol–water partition coefficient (Wildman–Crippen LogP) is 0.247. The standard InChI is InChI=1S/C8H8N2O4/c9-5-1-3(7(11)12)4(8(13)14)2-6(5)10/h1-2H,9-10H2,(H,11,12)(H,13,14). The van der Waals surface area contributed by atoms with E-state index in [2.05, 4.69) is 0 Å². The van der Waals surface area contributed by atoms with Crippen LogP contribution in [0.4, 0.5) is 11.4 Å². The second-order valence-corrected chi connectivity index (χ2v) is 2.64. The van der Waals surface area contributed by atoms with Gasteiger partial charge in [-0.2, -0.15) is 0 Å². The van der Waals surface area contributed by atoms with Crippen molar-refractivity contribution in [2.75, 3.05) is 11.5 Å². The van der Waals surface area contributed by atoms with Crippen LogP contribution in [-0.2, 0) is 0 Å². The molecule has 0 aromatic heterocycles. The summed E-state index contributed by atoms with van der Waals surface area (Å²) in [4.78, 5) is 21.3. The van der Waals surface area contributed by atoms with Crippen LogP contribution in [0.5, 0.6) is 0 Å². The van der Waals surface area contributed by atoms with Crippen LogP contribution in [0.25, 0.3) is 0 Å². The van der Waals surface area contributed by atoms with E-state index >= 15 is 0 Å². The van der Waals surface area contributed by atoms with Crippen LogP contribution in [0.2, 0.25) is 0 Å². The lowest BCUT2D eigenvalue weighted by Crippen LogP contribution is -2.10. The number of benzene rings is 1. The fourth-order valence-corrected chi connectivity index (χ4v) is 0.987. The van der Waals surface area contributed by atoms with Gasteiger partial charge in [0, 0.05) is 0 Å². The van der Waals surface area contributed by atoms with Crippen molar-refractivity contribution in [3.63, 3.8) is 0 Å². The van der Waals surface area contributed by atoms with Crippen LogP contribution in [-0.4, -0.2) is 22.2 Å². The Morgan fingerprint density at radius 1 is 0.929 bits per heavy atom. The van der Waals surface area contributed by atoms with Gasteiger partial charge in [0.25, 0.3) is 0 Å². The number of carboxylic acids is 2. The van der Waals surface area contributed by atoms with Crippen LogP contribution >= 0.6 is 0 Å². The van der Waals surface area contributed by atoms with Crippen LogP contribution < -0.4 is 11.5 Å². The second kappa shape index (κ2) is 3.25. The number of hydrogen-bond donors (Lipinski definition) is 4. The maximum atomic E-state index is 10.6. The number of carboxylic acid groups (broad SMARTS) is 2. The summed E-state index contributed by atoms with van der Waals surface area (Å²) >= 11 is 0. The molecule has 0 heterocycles. The lowest BCUT2D eigenvalue weighted by Gasteiger charge is -2.05. The molecule has 0 bridgehead atoms. The summed E-state index contributed by atoms with van der Waals surface area (Å²) < 4.78 is 0. The highest BCUT2D eigenvalue weighted by Crippen LogP contribution is 2.21. The van der Waals surface area contributed by atoms with E-state index in [0.717, 1.165) is 12.1 Å². The molecule has 1 aromatic rings. The average Bonchev–Trinajstić information content (AvgIpc) is 2.08. The first-order valence-corrected chi connectivity index (χ1v) is 3.59. The van der Waals surface area contributed by atoms with Crippen molar-refractivity contribution in [2.24, 2.45) is 0 Å². The second-order valence-electron chi connectivity index (χ2n) is 2.64. The molecule has 0 saturated carbocycles. The predicted molar refractivity (Wildman–Crippen MR) is 49.2 cm³/mol. The quantitative estimate of drug-likeness (QED) is 0.502. The Balaban J connectivity index is 3.46. The number of aromatic carboxylic acids is 2. The van der Waals surface area contributed by atoms with E-state index in [4.69, 9.17) is 21.7 Å². The molecule has 6 heteroatoms. The number of hydrogen-bond acceptors (Lipinski definition) is 4. The van der Waals surface area contributed by atoms with Gasteiger partial charge >= 0.3 is 11.9 Å². The zero-order valence-electron chi connectivity index (χ0n) is 7.02. The number of nitrogens with two attached hydrogens (primary N) is 2. The van der Waals surface area contributed by atoms with Gasteiger partial charge in [0.1, 0.15) is 0 Å². The minimum absolute atomic E-state index is 0.0485. The van der Waals surface area contributed by atoms with Gasteiger partial charge in [-0.1, -0.05) is 0 Å². The van der Waals surface area contributed by atoms with Crippen LogP contribution in [0.1, 0.15) is 20.7 Å². The molecule has 1 rings (SSSR count). The zero-order chi connectivity index (χ0) is 10.9. The molecule has 0 radical (unpaired) electrons. The summed E-state index contributed by atoms with van der Waals surface area (Å²) in [5.41, 5.74) is 10.0. The molecule has 0 atom stereocenters. The van der Waals surface area contributed by atoms with Crippen LogP contribution in [0, 0.1) is 0 Å². The van der Waals surface area contributed by atoms with Gasteiger partial charge in [0.2, 0.25) is 0 Å². The third-order valence-electron chi connectivity index (χ3n) is 1.68. The maximum absolute atomic E-state index is 10.6. The minimum Gasteiger partial charge on any atom is -0.478 e. The van der Waals surface area contributed by atoms with E-state index < -0.39 is 11.9 Å². The molecule has 0 spiro atoms. The zero-order valence-corrected chi connectivity index (χ0v) is 7.02. The minimum atomic E-state index is -1.35. The van der Waals surface area contributed by atoms with Gasteiger partial charge in [-0.15, -0.1) is 0 Å². The Bertz CT molecular complexity index is 375. The summed E-state index contributed by atoms with van der Waals surface area (Å²) in [7, 11) is 0. The molecule has 0 saturated heterocycles. The van der Waals surface area contributed by atoms with Crippen molar-refractivity contribution >= 4 is 23.3 Å². The van der Waals surface area contributed by atoms with Crippen molar-refractivity contribution in [1.29, 1.82) is 0 Å². The van der Waals surface area contributed by atoms with Crippen molar-refractivity contribution < 1.29 is 19.8 Å².